The molecule has 1 aliphatic rings. The molecule has 6 heteroatoms. The first-order valence-electron chi connectivity index (χ1n) is 9.50. The van der Waals surface area contributed by atoms with E-state index in [1.165, 1.54) is 38.9 Å². The summed E-state index contributed by atoms with van der Waals surface area (Å²) in [6.07, 6.45) is 8.70. The van der Waals surface area contributed by atoms with E-state index in [0.29, 0.717) is 0 Å². The van der Waals surface area contributed by atoms with Crippen LogP contribution in [0, 0.1) is 5.92 Å². The molecule has 1 aromatic heterocycles. The van der Waals surface area contributed by atoms with Crippen LogP contribution in [0.5, 0.6) is 0 Å². The lowest BCUT2D eigenvalue weighted by Gasteiger charge is -2.30. The molecule has 2 N–H and O–H groups in total. The van der Waals surface area contributed by atoms with E-state index in [0.717, 1.165) is 44.5 Å². The van der Waals surface area contributed by atoms with Crippen LogP contribution in [0.25, 0.3) is 0 Å². The molecule has 2 rings (SSSR count). The number of aliphatic imine (C=N–C) groups is 1. The van der Waals surface area contributed by atoms with Crippen LogP contribution in [-0.4, -0.2) is 59.9 Å². The van der Waals surface area contributed by atoms with Gasteiger partial charge >= 0.3 is 0 Å². The van der Waals surface area contributed by atoms with Gasteiger partial charge in [-0.05, 0) is 64.2 Å². The van der Waals surface area contributed by atoms with E-state index in [2.05, 4.69) is 39.5 Å². The maximum absolute atomic E-state index is 4.65. The quantitative estimate of drug-likeness (QED) is 0.412. The van der Waals surface area contributed by atoms with Gasteiger partial charge in [-0.3, -0.25) is 9.67 Å². The summed E-state index contributed by atoms with van der Waals surface area (Å²) in [4.78, 5) is 7.24. The van der Waals surface area contributed by atoms with Crippen molar-refractivity contribution in [3.63, 3.8) is 0 Å². The van der Waals surface area contributed by atoms with Crippen LogP contribution < -0.4 is 10.6 Å². The van der Waals surface area contributed by atoms with Crippen LogP contribution in [0.4, 0.5) is 0 Å². The number of aryl methyl sites for hydroxylation is 1. The SMILES string of the molecule is CCNC(=NCCCn1cccn1)NCCCN1CCC(C)CC1. The summed E-state index contributed by atoms with van der Waals surface area (Å²) in [7, 11) is 0. The standard InChI is InChI=1S/C18H34N6/c1-3-19-18(21-10-5-13-24-14-6-11-22-24)20-9-4-12-23-15-7-17(2)8-16-23/h6,11,14,17H,3-5,7-10,12-13,15-16H2,1-2H3,(H2,19,20,21). The van der Waals surface area contributed by atoms with Gasteiger partial charge in [-0.1, -0.05) is 6.92 Å². The zero-order chi connectivity index (χ0) is 17.0. The maximum Gasteiger partial charge on any atom is 0.191 e. The van der Waals surface area contributed by atoms with E-state index in [9.17, 15) is 0 Å². The van der Waals surface area contributed by atoms with Crippen molar-refractivity contribution in [2.75, 3.05) is 39.3 Å². The molecule has 0 spiro atoms. The minimum absolute atomic E-state index is 0.819. The van der Waals surface area contributed by atoms with Gasteiger partial charge < -0.3 is 15.5 Å². The Morgan fingerprint density at radius 3 is 2.75 bits per heavy atom. The third-order valence-electron chi connectivity index (χ3n) is 4.54. The largest absolute Gasteiger partial charge is 0.357 e. The summed E-state index contributed by atoms with van der Waals surface area (Å²) < 4.78 is 1.95. The summed E-state index contributed by atoms with van der Waals surface area (Å²) >= 11 is 0. The molecule has 2 heterocycles. The first-order chi connectivity index (χ1) is 11.8. The Hall–Kier alpha value is -1.56. The second-order valence-corrected chi connectivity index (χ2v) is 6.69. The van der Waals surface area contributed by atoms with Gasteiger partial charge in [-0.2, -0.15) is 5.10 Å². The molecule has 0 unspecified atom stereocenters. The van der Waals surface area contributed by atoms with Crippen molar-refractivity contribution in [1.29, 1.82) is 0 Å². The third-order valence-corrected chi connectivity index (χ3v) is 4.54. The van der Waals surface area contributed by atoms with Gasteiger partial charge in [0.2, 0.25) is 0 Å². The van der Waals surface area contributed by atoms with Crippen LogP contribution in [-0.2, 0) is 6.54 Å². The predicted octanol–water partition coefficient (Wildman–Crippen LogP) is 1.95. The topological polar surface area (TPSA) is 57.5 Å². The lowest BCUT2D eigenvalue weighted by atomic mass is 9.99. The van der Waals surface area contributed by atoms with E-state index in [1.807, 2.05) is 23.1 Å². The Balaban J connectivity index is 1.58. The summed E-state index contributed by atoms with van der Waals surface area (Å²) in [5.74, 6) is 1.85. The second kappa shape index (κ2) is 11.1. The molecule has 1 aliphatic heterocycles. The molecule has 0 aliphatic carbocycles. The number of guanidine groups is 1. The number of nitrogens with zero attached hydrogens (tertiary/aromatic N) is 4. The Morgan fingerprint density at radius 2 is 2.04 bits per heavy atom. The molecule has 0 saturated carbocycles. The smallest absolute Gasteiger partial charge is 0.191 e. The number of piperidine rings is 1. The zero-order valence-corrected chi connectivity index (χ0v) is 15.4. The molecular weight excluding hydrogens is 300 g/mol. The van der Waals surface area contributed by atoms with E-state index < -0.39 is 0 Å². The van der Waals surface area contributed by atoms with E-state index in [4.69, 9.17) is 0 Å². The first-order valence-corrected chi connectivity index (χ1v) is 9.50. The second-order valence-electron chi connectivity index (χ2n) is 6.69. The van der Waals surface area contributed by atoms with Crippen LogP contribution in [0.2, 0.25) is 0 Å². The summed E-state index contributed by atoms with van der Waals surface area (Å²) in [5.41, 5.74) is 0. The predicted molar refractivity (Wildman–Crippen MR) is 100 cm³/mol. The van der Waals surface area contributed by atoms with Gasteiger partial charge in [0.25, 0.3) is 0 Å². The number of hydrogen-bond acceptors (Lipinski definition) is 3. The number of likely N-dealkylation sites (tertiary alicyclic amines) is 1. The average Bonchev–Trinajstić information content (AvgIpc) is 3.10. The normalized spacial score (nSPS) is 17.2. The van der Waals surface area contributed by atoms with E-state index >= 15 is 0 Å². The highest BCUT2D eigenvalue weighted by molar-refractivity contribution is 5.79. The molecule has 0 bridgehead atoms. The minimum Gasteiger partial charge on any atom is -0.357 e. The maximum atomic E-state index is 4.65. The fourth-order valence-electron chi connectivity index (χ4n) is 2.99. The van der Waals surface area contributed by atoms with Gasteiger partial charge in [-0.25, -0.2) is 0 Å². The fraction of sp³-hybridized carbons (Fsp3) is 0.778. The number of aromatic nitrogens is 2. The molecule has 0 radical (unpaired) electrons. The third kappa shape index (κ3) is 7.34. The summed E-state index contributed by atoms with van der Waals surface area (Å²) in [6.45, 7) is 11.8. The first kappa shape index (κ1) is 18.8. The van der Waals surface area contributed by atoms with Crippen molar-refractivity contribution >= 4 is 5.96 Å². The molecule has 6 nitrogen and oxygen atoms in total. The highest BCUT2D eigenvalue weighted by Crippen LogP contribution is 2.15. The Bertz CT molecular complexity index is 448. The minimum atomic E-state index is 0.819. The van der Waals surface area contributed by atoms with Crippen molar-refractivity contribution in [3.8, 4) is 0 Å². The molecule has 0 aromatic carbocycles. The number of hydrogen-bond donors (Lipinski definition) is 2. The van der Waals surface area contributed by atoms with Gasteiger partial charge in [0.05, 0.1) is 0 Å². The zero-order valence-electron chi connectivity index (χ0n) is 15.4. The van der Waals surface area contributed by atoms with Crippen LogP contribution >= 0.6 is 0 Å². The molecule has 136 valence electrons. The average molecular weight is 335 g/mol. The van der Waals surface area contributed by atoms with Crippen LogP contribution in [0.1, 0.15) is 39.5 Å². The molecular formula is C18H34N6. The van der Waals surface area contributed by atoms with Gasteiger partial charge in [0.15, 0.2) is 5.96 Å². The number of nitrogens with one attached hydrogen (secondary N) is 2. The van der Waals surface area contributed by atoms with Crippen LogP contribution in [0.3, 0.4) is 0 Å². The molecule has 1 saturated heterocycles. The van der Waals surface area contributed by atoms with Gasteiger partial charge in [-0.15, -0.1) is 0 Å². The highest BCUT2D eigenvalue weighted by atomic mass is 15.3. The highest BCUT2D eigenvalue weighted by Gasteiger charge is 2.14. The van der Waals surface area contributed by atoms with E-state index in [-0.39, 0.29) is 0 Å². The van der Waals surface area contributed by atoms with Crippen molar-refractivity contribution < 1.29 is 0 Å². The fourth-order valence-corrected chi connectivity index (χ4v) is 2.99. The molecule has 1 fully saturated rings. The summed E-state index contributed by atoms with van der Waals surface area (Å²) in [6, 6.07) is 1.96. The molecule has 24 heavy (non-hydrogen) atoms. The Labute approximate surface area is 146 Å². The molecule has 1 aromatic rings. The lowest BCUT2D eigenvalue weighted by Crippen LogP contribution is -2.39. The molecule has 0 amide bonds. The van der Waals surface area contributed by atoms with Crippen LogP contribution in [0.15, 0.2) is 23.5 Å². The van der Waals surface area contributed by atoms with Gasteiger partial charge in [0.1, 0.15) is 0 Å². The monoisotopic (exact) mass is 334 g/mol. The lowest BCUT2D eigenvalue weighted by molar-refractivity contribution is 0.191. The Kier molecular flexibility index (Phi) is 8.66. The van der Waals surface area contributed by atoms with Crippen molar-refractivity contribution in [1.82, 2.24) is 25.3 Å². The number of rotatable bonds is 9. The van der Waals surface area contributed by atoms with Gasteiger partial charge in [0, 0.05) is 38.6 Å². The van der Waals surface area contributed by atoms with Crippen molar-refractivity contribution in [2.24, 2.45) is 10.9 Å². The summed E-state index contributed by atoms with van der Waals surface area (Å²) in [5, 5.41) is 11.0. The van der Waals surface area contributed by atoms with Crippen molar-refractivity contribution in [3.05, 3.63) is 18.5 Å². The molecule has 0 atom stereocenters. The van der Waals surface area contributed by atoms with Crippen molar-refractivity contribution in [2.45, 2.75) is 46.1 Å². The van der Waals surface area contributed by atoms with E-state index in [1.54, 1.807) is 0 Å². The Morgan fingerprint density at radius 1 is 1.21 bits per heavy atom.